The second-order valence-electron chi connectivity index (χ2n) is 6.00. The quantitative estimate of drug-likeness (QED) is 0.257. The fraction of sp³-hybridized carbons (Fsp3) is 0.895. The molecule has 0 amide bonds. The summed E-state index contributed by atoms with van der Waals surface area (Å²) in [6.07, 6.45) is 24.9. The fourth-order valence-electron chi connectivity index (χ4n) is 2.65. The smallest absolute Gasteiger partial charge is 0.0417 e. The van der Waals surface area contributed by atoms with Crippen LogP contribution in [0.1, 0.15) is 110 Å². The molecular formula is C19H38. The van der Waals surface area contributed by atoms with E-state index in [0.717, 1.165) is 6.42 Å². The Kier molecular flexibility index (Phi) is 18.0. The molecule has 114 valence electrons. The van der Waals surface area contributed by atoms with Crippen molar-refractivity contribution >= 4 is 0 Å². The fourth-order valence-corrected chi connectivity index (χ4v) is 2.65. The van der Waals surface area contributed by atoms with Gasteiger partial charge in [-0.1, -0.05) is 117 Å². The Morgan fingerprint density at radius 1 is 0.526 bits per heavy atom. The zero-order valence-corrected chi connectivity index (χ0v) is 13.6. The van der Waals surface area contributed by atoms with Gasteiger partial charge >= 0.3 is 0 Å². The molecule has 0 spiro atoms. The van der Waals surface area contributed by atoms with Gasteiger partial charge in [0.15, 0.2) is 0 Å². The molecule has 0 aromatic carbocycles. The van der Waals surface area contributed by atoms with Crippen molar-refractivity contribution < 1.29 is 0 Å². The Balaban J connectivity index is 2.88. The van der Waals surface area contributed by atoms with Crippen molar-refractivity contribution in [1.29, 1.82) is 0 Å². The molecule has 2 radical (unpaired) electrons. The number of hydrogen-bond acceptors (Lipinski definition) is 0. The largest absolute Gasteiger partial charge is 0.0623 e. The number of unbranched alkanes of at least 4 members (excludes halogenated alkanes) is 16. The van der Waals surface area contributed by atoms with E-state index in [1.54, 1.807) is 0 Å². The first-order chi connectivity index (χ1) is 9.41. The summed E-state index contributed by atoms with van der Waals surface area (Å²) in [4.78, 5) is 0. The van der Waals surface area contributed by atoms with Crippen molar-refractivity contribution in [3.05, 3.63) is 13.3 Å². The van der Waals surface area contributed by atoms with Gasteiger partial charge in [0.25, 0.3) is 0 Å². The van der Waals surface area contributed by atoms with Crippen LogP contribution in [0.15, 0.2) is 0 Å². The summed E-state index contributed by atoms with van der Waals surface area (Å²) in [5, 5.41) is 0. The Morgan fingerprint density at radius 3 is 1.16 bits per heavy atom. The third kappa shape index (κ3) is 18.0. The van der Waals surface area contributed by atoms with Crippen molar-refractivity contribution in [2.24, 2.45) is 0 Å². The van der Waals surface area contributed by atoms with Crippen LogP contribution in [0.2, 0.25) is 0 Å². The van der Waals surface area contributed by atoms with Crippen molar-refractivity contribution in [3.63, 3.8) is 0 Å². The molecule has 0 aromatic rings. The molecule has 0 aliphatic carbocycles. The highest BCUT2D eigenvalue weighted by Gasteiger charge is 1.94. The molecule has 0 heterocycles. The van der Waals surface area contributed by atoms with Crippen molar-refractivity contribution in [1.82, 2.24) is 0 Å². The molecule has 0 N–H and O–H groups in total. The molecule has 0 saturated heterocycles. The van der Waals surface area contributed by atoms with Gasteiger partial charge in [-0.3, -0.25) is 0 Å². The summed E-state index contributed by atoms with van der Waals surface area (Å²) < 4.78 is 0. The molecule has 0 bridgehead atoms. The lowest BCUT2D eigenvalue weighted by atomic mass is 10.0. The van der Waals surface area contributed by atoms with E-state index in [1.807, 2.05) is 0 Å². The third-order valence-corrected chi connectivity index (χ3v) is 3.99. The molecule has 0 heteroatoms. The van der Waals surface area contributed by atoms with E-state index < -0.39 is 0 Å². The van der Waals surface area contributed by atoms with Crippen molar-refractivity contribution in [3.8, 4) is 0 Å². The van der Waals surface area contributed by atoms with Crippen LogP contribution in [0, 0.1) is 13.3 Å². The molecule has 0 saturated carbocycles. The molecule has 0 atom stereocenters. The van der Waals surface area contributed by atoms with Gasteiger partial charge in [0, 0.05) is 0 Å². The number of hydrogen-bond donors (Lipinski definition) is 0. The lowest BCUT2D eigenvalue weighted by Gasteiger charge is -2.03. The van der Waals surface area contributed by atoms with Crippen LogP contribution < -0.4 is 0 Å². The minimum absolute atomic E-state index is 1.12. The van der Waals surface area contributed by atoms with E-state index in [0.29, 0.717) is 0 Å². The topological polar surface area (TPSA) is 0 Å². The molecule has 0 unspecified atom stereocenters. The Morgan fingerprint density at radius 2 is 0.842 bits per heavy atom. The maximum atomic E-state index is 3.89. The van der Waals surface area contributed by atoms with Gasteiger partial charge < -0.3 is 0 Å². The maximum Gasteiger partial charge on any atom is -0.0417 e. The van der Waals surface area contributed by atoms with Crippen LogP contribution in [0.25, 0.3) is 0 Å². The van der Waals surface area contributed by atoms with Crippen molar-refractivity contribution in [2.75, 3.05) is 0 Å². The molecule has 0 rings (SSSR count). The van der Waals surface area contributed by atoms with E-state index in [2.05, 4.69) is 20.3 Å². The zero-order valence-electron chi connectivity index (χ0n) is 13.6. The van der Waals surface area contributed by atoms with E-state index in [4.69, 9.17) is 0 Å². The van der Waals surface area contributed by atoms with Crippen LogP contribution >= 0.6 is 0 Å². The molecule has 19 heavy (non-hydrogen) atoms. The van der Waals surface area contributed by atoms with Gasteiger partial charge in [-0.2, -0.15) is 0 Å². The second-order valence-corrected chi connectivity index (χ2v) is 6.00. The Labute approximate surface area is 123 Å². The first-order valence-electron chi connectivity index (χ1n) is 8.99. The standard InChI is InChI=1S/C19H38/c1-3-5-7-9-11-13-15-17-19-18-16-14-12-10-8-6-4-2/h4H,1,3,5-19H2,2H3. The summed E-state index contributed by atoms with van der Waals surface area (Å²) in [5.41, 5.74) is 0. The highest BCUT2D eigenvalue weighted by molar-refractivity contribution is 4.55. The first-order valence-corrected chi connectivity index (χ1v) is 8.99. The summed E-state index contributed by atoms with van der Waals surface area (Å²) in [6.45, 7) is 6.06. The zero-order chi connectivity index (χ0) is 14.0. The molecule has 0 aliphatic heterocycles. The SMILES string of the molecule is [CH2]CCCCCCCCCCCCCCCC[CH]C. The van der Waals surface area contributed by atoms with E-state index in [-0.39, 0.29) is 0 Å². The molecular weight excluding hydrogens is 228 g/mol. The minimum atomic E-state index is 1.12. The lowest BCUT2D eigenvalue weighted by molar-refractivity contribution is 0.533. The van der Waals surface area contributed by atoms with Gasteiger partial charge in [-0.25, -0.2) is 0 Å². The highest BCUT2D eigenvalue weighted by atomic mass is 14.0. The van der Waals surface area contributed by atoms with Crippen LogP contribution in [-0.2, 0) is 0 Å². The second kappa shape index (κ2) is 18.0. The first kappa shape index (κ1) is 19.0. The minimum Gasteiger partial charge on any atom is -0.0623 e. The van der Waals surface area contributed by atoms with Crippen LogP contribution in [-0.4, -0.2) is 0 Å². The Hall–Kier alpha value is 0. The summed E-state index contributed by atoms with van der Waals surface area (Å²) in [7, 11) is 0. The molecule has 0 aliphatic rings. The van der Waals surface area contributed by atoms with Gasteiger partial charge in [-0.05, 0) is 6.42 Å². The van der Waals surface area contributed by atoms with Gasteiger partial charge in [0.05, 0.1) is 0 Å². The van der Waals surface area contributed by atoms with Gasteiger partial charge in [0.1, 0.15) is 0 Å². The molecule has 0 fully saturated rings. The summed E-state index contributed by atoms with van der Waals surface area (Å²) >= 11 is 0. The van der Waals surface area contributed by atoms with Crippen molar-refractivity contribution in [2.45, 2.75) is 110 Å². The van der Waals surface area contributed by atoms with E-state index >= 15 is 0 Å². The van der Waals surface area contributed by atoms with E-state index in [1.165, 1.54) is 96.3 Å². The summed E-state index contributed by atoms with van der Waals surface area (Å²) in [6, 6.07) is 0. The molecule has 0 nitrogen and oxygen atoms in total. The monoisotopic (exact) mass is 266 g/mol. The Bertz CT molecular complexity index is 123. The predicted octanol–water partition coefficient (Wildman–Crippen LogP) is 7.29. The van der Waals surface area contributed by atoms with Gasteiger partial charge in [0.2, 0.25) is 0 Å². The van der Waals surface area contributed by atoms with Gasteiger partial charge in [-0.15, -0.1) is 0 Å². The summed E-state index contributed by atoms with van der Waals surface area (Å²) in [5.74, 6) is 0. The van der Waals surface area contributed by atoms with Crippen LogP contribution in [0.3, 0.4) is 0 Å². The third-order valence-electron chi connectivity index (χ3n) is 3.99. The number of rotatable bonds is 16. The average molecular weight is 267 g/mol. The van der Waals surface area contributed by atoms with Crippen LogP contribution in [0.4, 0.5) is 0 Å². The lowest BCUT2D eigenvalue weighted by Crippen LogP contribution is -1.83. The normalized spacial score (nSPS) is 11.1. The molecule has 0 aromatic heterocycles. The maximum absolute atomic E-state index is 3.89. The van der Waals surface area contributed by atoms with E-state index in [9.17, 15) is 0 Å². The predicted molar refractivity (Wildman–Crippen MR) is 89.2 cm³/mol. The van der Waals surface area contributed by atoms with Crippen LogP contribution in [0.5, 0.6) is 0 Å². The highest BCUT2D eigenvalue weighted by Crippen LogP contribution is 2.13. The average Bonchev–Trinajstić information content (AvgIpc) is 2.43.